The van der Waals surface area contributed by atoms with E-state index in [9.17, 15) is 14.3 Å². The molecule has 2 aromatic carbocycles. The van der Waals surface area contributed by atoms with Crippen molar-refractivity contribution < 1.29 is 18.6 Å². The van der Waals surface area contributed by atoms with Gasteiger partial charge in [-0.3, -0.25) is 14.3 Å². The lowest BCUT2D eigenvalue weighted by molar-refractivity contribution is -0.385. The highest BCUT2D eigenvalue weighted by atomic mass is 32.2. The molecule has 0 aliphatic carbocycles. The molecule has 1 aliphatic rings. The van der Waals surface area contributed by atoms with E-state index in [-0.39, 0.29) is 24.8 Å². The van der Waals surface area contributed by atoms with E-state index < -0.39 is 15.7 Å². The number of fused-ring (bicyclic) bond motifs is 1. The van der Waals surface area contributed by atoms with Gasteiger partial charge in [-0.2, -0.15) is 0 Å². The molecule has 0 N–H and O–H groups in total. The first-order valence-electron chi connectivity index (χ1n) is 7.03. The molecule has 6 nitrogen and oxygen atoms in total. The summed E-state index contributed by atoms with van der Waals surface area (Å²) in [6, 6.07) is 12.4. The van der Waals surface area contributed by atoms with Crippen LogP contribution in [0.1, 0.15) is 16.7 Å². The highest BCUT2D eigenvalue weighted by Gasteiger charge is 2.22. The first-order valence-corrected chi connectivity index (χ1v) is 8.52. The van der Waals surface area contributed by atoms with E-state index in [0.29, 0.717) is 22.6 Å². The van der Waals surface area contributed by atoms with Gasteiger partial charge >= 0.3 is 0 Å². The molecule has 23 heavy (non-hydrogen) atoms. The van der Waals surface area contributed by atoms with Gasteiger partial charge in [0.25, 0.3) is 5.69 Å². The highest BCUT2D eigenvalue weighted by Crippen LogP contribution is 2.33. The molecule has 0 aromatic heterocycles. The number of hydrogen-bond acceptors (Lipinski definition) is 5. The van der Waals surface area contributed by atoms with Crippen molar-refractivity contribution in [2.45, 2.75) is 18.1 Å². The monoisotopic (exact) mass is 333 g/mol. The van der Waals surface area contributed by atoms with Crippen molar-refractivity contribution in [2.75, 3.05) is 6.79 Å². The molecule has 3 rings (SSSR count). The van der Waals surface area contributed by atoms with Gasteiger partial charge < -0.3 is 9.47 Å². The molecule has 1 atom stereocenters. The Balaban J connectivity index is 1.85. The molecule has 120 valence electrons. The Labute approximate surface area is 135 Å². The van der Waals surface area contributed by atoms with E-state index in [0.717, 1.165) is 5.56 Å². The maximum atomic E-state index is 12.4. The van der Waals surface area contributed by atoms with Crippen LogP contribution in [0.25, 0.3) is 0 Å². The Bertz CT molecular complexity index is 748. The Kier molecular flexibility index (Phi) is 4.68. The third-order valence-corrected chi connectivity index (χ3v) is 4.76. The molecule has 0 spiro atoms. The summed E-state index contributed by atoms with van der Waals surface area (Å²) in [4.78, 5) is 10.6. The van der Waals surface area contributed by atoms with Crippen LogP contribution < -0.4 is 4.74 Å². The highest BCUT2D eigenvalue weighted by molar-refractivity contribution is 7.83. The number of ether oxygens (including phenoxy) is 2. The summed E-state index contributed by atoms with van der Waals surface area (Å²) in [6.07, 6.45) is 0. The number of rotatable bonds is 5. The van der Waals surface area contributed by atoms with Gasteiger partial charge in [-0.25, -0.2) is 0 Å². The normalized spacial score (nSPS) is 14.6. The molecule has 0 unspecified atom stereocenters. The molecule has 0 amide bonds. The first-order chi connectivity index (χ1) is 11.1. The predicted octanol–water partition coefficient (Wildman–Crippen LogP) is 2.91. The van der Waals surface area contributed by atoms with Gasteiger partial charge in [-0.05, 0) is 5.56 Å². The average Bonchev–Trinajstić information content (AvgIpc) is 2.55. The van der Waals surface area contributed by atoms with Crippen molar-refractivity contribution in [3.05, 3.63) is 69.3 Å². The summed E-state index contributed by atoms with van der Waals surface area (Å²) in [5.74, 6) is 1.16. The smallest absolute Gasteiger partial charge is 0.270 e. The van der Waals surface area contributed by atoms with Crippen LogP contribution in [-0.4, -0.2) is 15.9 Å². The number of nitro benzene ring substituents is 1. The average molecular weight is 333 g/mol. The van der Waals surface area contributed by atoms with Crippen LogP contribution in [0.15, 0.2) is 42.5 Å². The minimum atomic E-state index is -1.18. The van der Waals surface area contributed by atoms with Crippen molar-refractivity contribution in [1.29, 1.82) is 0 Å². The Morgan fingerprint density at radius 1 is 1.17 bits per heavy atom. The first kappa shape index (κ1) is 15.6. The standard InChI is InChI=1S/C16H15NO5S/c18-17(19)15-6-13-8-21-11-22-16(13)14(7-15)10-23(20)9-12-4-2-1-3-5-12/h1-7H,8-11H2/t23-/m1/s1. The Morgan fingerprint density at radius 2 is 1.96 bits per heavy atom. The van der Waals surface area contributed by atoms with E-state index in [4.69, 9.17) is 9.47 Å². The van der Waals surface area contributed by atoms with Gasteiger partial charge in [0, 0.05) is 39.8 Å². The molecule has 2 aromatic rings. The molecule has 0 radical (unpaired) electrons. The van der Waals surface area contributed by atoms with Gasteiger partial charge in [0.05, 0.1) is 17.3 Å². The van der Waals surface area contributed by atoms with Crippen molar-refractivity contribution in [3.63, 3.8) is 0 Å². The summed E-state index contributed by atoms with van der Waals surface area (Å²) in [7, 11) is -1.18. The zero-order valence-electron chi connectivity index (χ0n) is 12.3. The van der Waals surface area contributed by atoms with Crippen molar-refractivity contribution in [3.8, 4) is 5.75 Å². The van der Waals surface area contributed by atoms with Crippen LogP contribution in [0.2, 0.25) is 0 Å². The van der Waals surface area contributed by atoms with Gasteiger partial charge in [0.2, 0.25) is 0 Å². The van der Waals surface area contributed by atoms with Crippen LogP contribution in [0.5, 0.6) is 5.75 Å². The van der Waals surface area contributed by atoms with Gasteiger partial charge in [0.15, 0.2) is 6.79 Å². The van der Waals surface area contributed by atoms with Crippen molar-refractivity contribution >= 4 is 16.5 Å². The summed E-state index contributed by atoms with van der Waals surface area (Å²) in [6.45, 7) is 0.360. The number of hydrogen-bond donors (Lipinski definition) is 0. The minimum Gasteiger partial charge on any atom is -0.467 e. The molecule has 0 saturated heterocycles. The summed E-state index contributed by atoms with van der Waals surface area (Å²) >= 11 is 0. The van der Waals surface area contributed by atoms with Crippen LogP contribution >= 0.6 is 0 Å². The van der Waals surface area contributed by atoms with Crippen molar-refractivity contribution in [1.82, 2.24) is 0 Å². The minimum absolute atomic E-state index is 0.0374. The fourth-order valence-electron chi connectivity index (χ4n) is 2.48. The maximum Gasteiger partial charge on any atom is 0.270 e. The second-order valence-corrected chi connectivity index (χ2v) is 6.63. The van der Waals surface area contributed by atoms with E-state index in [1.807, 2.05) is 30.3 Å². The lowest BCUT2D eigenvalue weighted by Gasteiger charge is -2.20. The van der Waals surface area contributed by atoms with E-state index in [2.05, 4.69) is 0 Å². The molecule has 1 heterocycles. The van der Waals surface area contributed by atoms with Crippen molar-refractivity contribution in [2.24, 2.45) is 0 Å². The third-order valence-electron chi connectivity index (χ3n) is 3.47. The van der Waals surface area contributed by atoms with E-state index in [1.165, 1.54) is 12.1 Å². The fraction of sp³-hybridized carbons (Fsp3) is 0.250. The fourth-order valence-corrected chi connectivity index (χ4v) is 3.71. The molecule has 0 saturated carbocycles. The summed E-state index contributed by atoms with van der Waals surface area (Å²) < 4.78 is 23.0. The number of non-ortho nitro benzene ring substituents is 1. The van der Waals surface area contributed by atoms with E-state index in [1.54, 1.807) is 0 Å². The van der Waals surface area contributed by atoms with Gasteiger partial charge in [0.1, 0.15) is 5.75 Å². The number of nitro groups is 1. The molecular weight excluding hydrogens is 318 g/mol. The lowest BCUT2D eigenvalue weighted by Crippen LogP contribution is -2.14. The van der Waals surface area contributed by atoms with Gasteiger partial charge in [-0.1, -0.05) is 30.3 Å². The topological polar surface area (TPSA) is 78.7 Å². The number of benzene rings is 2. The van der Waals surface area contributed by atoms with Gasteiger partial charge in [-0.15, -0.1) is 0 Å². The molecule has 0 bridgehead atoms. The zero-order chi connectivity index (χ0) is 16.2. The summed E-state index contributed by atoms with van der Waals surface area (Å²) in [5.41, 5.74) is 2.14. The largest absolute Gasteiger partial charge is 0.467 e. The quantitative estimate of drug-likeness (QED) is 0.621. The number of nitrogens with zero attached hydrogens (tertiary/aromatic N) is 1. The molecular formula is C16H15NO5S. The molecule has 0 fully saturated rings. The SMILES string of the molecule is O=[N+]([O-])c1cc2c(c(C[S@](=O)Cc3ccccc3)c1)OCOC2. The van der Waals surface area contributed by atoms with Crippen LogP contribution in [0.4, 0.5) is 5.69 Å². The third kappa shape index (κ3) is 3.75. The van der Waals surface area contributed by atoms with E-state index >= 15 is 0 Å². The zero-order valence-corrected chi connectivity index (χ0v) is 13.1. The maximum absolute atomic E-state index is 12.4. The Morgan fingerprint density at radius 3 is 2.70 bits per heavy atom. The molecule has 7 heteroatoms. The van der Waals surface area contributed by atoms with Crippen LogP contribution in [-0.2, 0) is 33.6 Å². The molecule has 1 aliphatic heterocycles. The Hall–Kier alpha value is -2.25. The summed E-state index contributed by atoms with van der Waals surface area (Å²) in [5, 5.41) is 11.1. The van der Waals surface area contributed by atoms with Crippen LogP contribution in [0, 0.1) is 10.1 Å². The van der Waals surface area contributed by atoms with Crippen LogP contribution in [0.3, 0.4) is 0 Å². The predicted molar refractivity (Wildman–Crippen MR) is 85.4 cm³/mol. The second kappa shape index (κ2) is 6.89. The lowest BCUT2D eigenvalue weighted by atomic mass is 10.1. The second-order valence-electron chi connectivity index (χ2n) is 5.18.